The Morgan fingerprint density at radius 1 is 1.19 bits per heavy atom. The number of likely N-dealkylation sites (tertiary alicyclic amines) is 1. The third-order valence-electron chi connectivity index (χ3n) is 7.74. The van der Waals surface area contributed by atoms with Crippen LogP contribution in [0.15, 0.2) is 18.2 Å². The monoisotopic (exact) mass is 443 g/mol. The van der Waals surface area contributed by atoms with Crippen molar-refractivity contribution in [2.75, 3.05) is 36.0 Å². The van der Waals surface area contributed by atoms with E-state index in [9.17, 15) is 19.8 Å². The van der Waals surface area contributed by atoms with Gasteiger partial charge in [0, 0.05) is 43.6 Å². The summed E-state index contributed by atoms with van der Waals surface area (Å²) in [5.41, 5.74) is 2.54. The van der Waals surface area contributed by atoms with E-state index in [0.717, 1.165) is 82.3 Å². The van der Waals surface area contributed by atoms with Crippen molar-refractivity contribution in [3.05, 3.63) is 23.8 Å². The molecule has 0 bridgehead atoms. The Kier molecular flexibility index (Phi) is 6.65. The lowest BCUT2D eigenvalue weighted by Gasteiger charge is -2.42. The second-order valence-corrected chi connectivity index (χ2v) is 9.92. The van der Waals surface area contributed by atoms with Crippen LogP contribution in [0.4, 0.5) is 16.2 Å². The van der Waals surface area contributed by atoms with E-state index < -0.39 is 6.09 Å². The van der Waals surface area contributed by atoms with Crippen LogP contribution in [-0.4, -0.2) is 65.4 Å². The van der Waals surface area contributed by atoms with Crippen molar-refractivity contribution in [2.45, 2.75) is 77.4 Å². The Morgan fingerprint density at radius 2 is 1.94 bits per heavy atom. The van der Waals surface area contributed by atoms with Crippen molar-refractivity contribution in [2.24, 2.45) is 5.41 Å². The lowest BCUT2D eigenvalue weighted by Crippen LogP contribution is -2.50. The number of aliphatic hydroxyl groups excluding tert-OH is 1. The number of carboxylic acid groups (broad SMARTS) is 1. The van der Waals surface area contributed by atoms with Gasteiger partial charge in [-0.2, -0.15) is 0 Å². The van der Waals surface area contributed by atoms with Crippen LogP contribution in [0.5, 0.6) is 0 Å². The Hall–Kier alpha value is -2.28. The largest absolute Gasteiger partial charge is 0.465 e. The molecule has 0 aromatic heterocycles. The van der Waals surface area contributed by atoms with Crippen molar-refractivity contribution < 1.29 is 19.8 Å². The molecule has 1 aromatic rings. The highest BCUT2D eigenvalue weighted by Gasteiger charge is 2.50. The van der Waals surface area contributed by atoms with Crippen molar-refractivity contribution in [1.29, 1.82) is 0 Å². The van der Waals surface area contributed by atoms with Gasteiger partial charge < -0.3 is 20.0 Å². The molecule has 2 aliphatic heterocycles. The normalized spacial score (nSPS) is 28.4. The molecular formula is C25H37N3O4. The molecule has 32 heavy (non-hydrogen) atoms. The van der Waals surface area contributed by atoms with Crippen LogP contribution >= 0.6 is 0 Å². The number of benzene rings is 1. The number of hydrogen-bond acceptors (Lipinski definition) is 4. The van der Waals surface area contributed by atoms with E-state index in [4.69, 9.17) is 0 Å². The van der Waals surface area contributed by atoms with Crippen molar-refractivity contribution in [3.63, 3.8) is 0 Å². The SMILES string of the molecule is CCCN(C(=O)O)c1ccc(N2CCCC3(CCN(C4CCC(O)CC4)C3=O)C2)c(C)c1. The molecule has 2 heterocycles. The first-order chi connectivity index (χ1) is 15.3. The fourth-order valence-electron chi connectivity index (χ4n) is 6.00. The summed E-state index contributed by atoms with van der Waals surface area (Å²) in [6.45, 7) is 6.96. The molecule has 4 rings (SSSR count). The lowest BCUT2D eigenvalue weighted by atomic mass is 9.78. The molecule has 1 saturated carbocycles. The van der Waals surface area contributed by atoms with Crippen LogP contribution in [0.3, 0.4) is 0 Å². The fourth-order valence-corrected chi connectivity index (χ4v) is 6.00. The average Bonchev–Trinajstić information content (AvgIpc) is 3.07. The molecule has 176 valence electrons. The van der Waals surface area contributed by atoms with Gasteiger partial charge in [0.15, 0.2) is 0 Å². The molecule has 1 aliphatic carbocycles. The standard InChI is InChI=1S/C25H37N3O4/c1-3-13-28(24(31)32)20-7-10-22(18(2)16-20)26-14-4-11-25(17-26)12-15-27(23(25)30)19-5-8-21(29)9-6-19/h7,10,16,19,21,29H,3-6,8-9,11-15,17H2,1-2H3,(H,31,32). The minimum absolute atomic E-state index is 0.205. The van der Waals surface area contributed by atoms with Crippen molar-refractivity contribution in [1.82, 2.24) is 4.90 Å². The van der Waals surface area contributed by atoms with E-state index in [1.165, 1.54) is 4.90 Å². The van der Waals surface area contributed by atoms with Gasteiger partial charge in [-0.15, -0.1) is 0 Å². The molecule has 1 aromatic carbocycles. The highest BCUT2D eigenvalue weighted by Crippen LogP contribution is 2.44. The number of carbonyl (C=O) groups is 2. The summed E-state index contributed by atoms with van der Waals surface area (Å²) in [4.78, 5) is 31.1. The summed E-state index contributed by atoms with van der Waals surface area (Å²) in [6, 6.07) is 6.15. The predicted molar refractivity (Wildman–Crippen MR) is 125 cm³/mol. The zero-order valence-corrected chi connectivity index (χ0v) is 19.4. The lowest BCUT2D eigenvalue weighted by molar-refractivity contribution is -0.139. The summed E-state index contributed by atoms with van der Waals surface area (Å²) >= 11 is 0. The van der Waals surface area contributed by atoms with Gasteiger partial charge in [0.05, 0.1) is 11.5 Å². The number of anilines is 2. The van der Waals surface area contributed by atoms with Gasteiger partial charge in [0.1, 0.15) is 0 Å². The molecule has 7 heteroatoms. The topological polar surface area (TPSA) is 84.3 Å². The van der Waals surface area contributed by atoms with Gasteiger partial charge in [-0.1, -0.05) is 6.92 Å². The van der Waals surface area contributed by atoms with Crippen LogP contribution in [0.25, 0.3) is 0 Å². The summed E-state index contributed by atoms with van der Waals surface area (Å²) < 4.78 is 0. The average molecular weight is 444 g/mol. The molecule has 1 spiro atoms. The van der Waals surface area contributed by atoms with Crippen LogP contribution in [-0.2, 0) is 4.79 Å². The first kappa shape index (κ1) is 22.9. The minimum Gasteiger partial charge on any atom is -0.465 e. The van der Waals surface area contributed by atoms with E-state index in [2.05, 4.69) is 9.80 Å². The Balaban J connectivity index is 1.49. The quantitative estimate of drug-likeness (QED) is 0.718. The first-order valence-electron chi connectivity index (χ1n) is 12.2. The van der Waals surface area contributed by atoms with E-state index >= 15 is 0 Å². The van der Waals surface area contributed by atoms with Gasteiger partial charge in [-0.05, 0) is 82.1 Å². The molecular weight excluding hydrogens is 406 g/mol. The van der Waals surface area contributed by atoms with Gasteiger partial charge >= 0.3 is 6.09 Å². The van der Waals surface area contributed by atoms with Crippen LogP contribution in [0.2, 0.25) is 0 Å². The smallest absolute Gasteiger partial charge is 0.411 e. The second kappa shape index (κ2) is 9.30. The van der Waals surface area contributed by atoms with Gasteiger partial charge in [-0.25, -0.2) is 4.79 Å². The molecule has 1 unspecified atom stereocenters. The maximum atomic E-state index is 13.6. The molecule has 3 aliphatic rings. The molecule has 7 nitrogen and oxygen atoms in total. The Labute approximate surface area is 191 Å². The Bertz CT molecular complexity index is 852. The minimum atomic E-state index is -0.928. The summed E-state index contributed by atoms with van der Waals surface area (Å²) in [5.74, 6) is 0.304. The molecule has 2 N–H and O–H groups in total. The highest BCUT2D eigenvalue weighted by molar-refractivity contribution is 5.87. The number of carbonyl (C=O) groups excluding carboxylic acids is 1. The van der Waals surface area contributed by atoms with E-state index in [1.54, 1.807) is 0 Å². The molecule has 3 fully saturated rings. The number of nitrogens with zero attached hydrogens (tertiary/aromatic N) is 3. The van der Waals surface area contributed by atoms with Gasteiger partial charge in [0.25, 0.3) is 0 Å². The number of piperidine rings is 1. The van der Waals surface area contributed by atoms with Crippen LogP contribution in [0, 0.1) is 12.3 Å². The fraction of sp³-hybridized carbons (Fsp3) is 0.680. The summed E-state index contributed by atoms with van der Waals surface area (Å²) in [7, 11) is 0. The van der Waals surface area contributed by atoms with E-state index in [0.29, 0.717) is 18.1 Å². The van der Waals surface area contributed by atoms with E-state index in [1.807, 2.05) is 32.0 Å². The summed E-state index contributed by atoms with van der Waals surface area (Å²) in [5, 5.41) is 19.4. The third-order valence-corrected chi connectivity index (χ3v) is 7.74. The van der Waals surface area contributed by atoms with Crippen LogP contribution in [0.1, 0.15) is 63.9 Å². The maximum absolute atomic E-state index is 13.6. The zero-order valence-electron chi connectivity index (χ0n) is 19.4. The van der Waals surface area contributed by atoms with Crippen molar-refractivity contribution in [3.8, 4) is 0 Å². The molecule has 2 amide bonds. The number of amides is 2. The van der Waals surface area contributed by atoms with Gasteiger partial charge in [0.2, 0.25) is 5.91 Å². The third kappa shape index (κ3) is 4.32. The predicted octanol–water partition coefficient (Wildman–Crippen LogP) is 4.01. The molecule has 1 atom stereocenters. The summed E-state index contributed by atoms with van der Waals surface area (Å²) in [6.07, 6.45) is 5.87. The zero-order chi connectivity index (χ0) is 22.9. The molecule has 0 radical (unpaired) electrons. The van der Waals surface area contributed by atoms with Gasteiger partial charge in [-0.3, -0.25) is 9.69 Å². The first-order valence-corrected chi connectivity index (χ1v) is 12.2. The van der Waals surface area contributed by atoms with Crippen LogP contribution < -0.4 is 9.80 Å². The maximum Gasteiger partial charge on any atom is 0.411 e. The Morgan fingerprint density at radius 3 is 2.59 bits per heavy atom. The van der Waals surface area contributed by atoms with E-state index in [-0.39, 0.29) is 17.6 Å². The van der Waals surface area contributed by atoms with Crippen molar-refractivity contribution >= 4 is 23.4 Å². The number of aryl methyl sites for hydroxylation is 1. The number of hydrogen-bond donors (Lipinski definition) is 2. The highest BCUT2D eigenvalue weighted by atomic mass is 16.4. The number of rotatable bonds is 5. The second-order valence-electron chi connectivity index (χ2n) is 9.92. The number of aliphatic hydroxyl groups is 1. The molecule has 2 saturated heterocycles.